The molecule has 7 nitrogen and oxygen atoms in total. The Morgan fingerprint density at radius 3 is 3.04 bits per heavy atom. The van der Waals surface area contributed by atoms with Crippen molar-refractivity contribution in [3.05, 3.63) is 48.0 Å². The Labute approximate surface area is 133 Å². The summed E-state index contributed by atoms with van der Waals surface area (Å²) in [5.41, 5.74) is 6.87. The molecule has 4 rings (SSSR count). The molecule has 7 heteroatoms. The van der Waals surface area contributed by atoms with Gasteiger partial charge in [-0.2, -0.15) is 5.10 Å². The number of hydrogen-bond acceptors (Lipinski definition) is 6. The lowest BCUT2D eigenvalue weighted by Gasteiger charge is -2.05. The largest absolute Gasteiger partial charge is 0.378 e. The first-order valence-electron chi connectivity index (χ1n) is 7.65. The molecule has 1 aliphatic carbocycles. The quantitative estimate of drug-likeness (QED) is 0.682. The molecule has 0 unspecified atom stereocenters. The van der Waals surface area contributed by atoms with Gasteiger partial charge in [-0.25, -0.2) is 10.5 Å². The minimum absolute atomic E-state index is 0.557. The highest BCUT2D eigenvalue weighted by molar-refractivity contribution is 5.49. The number of hydrogen-bond donors (Lipinski definition) is 2. The van der Waals surface area contributed by atoms with Crippen molar-refractivity contribution in [1.29, 1.82) is 0 Å². The van der Waals surface area contributed by atoms with Crippen molar-refractivity contribution in [3.8, 4) is 0 Å². The first-order valence-corrected chi connectivity index (χ1v) is 7.65. The van der Waals surface area contributed by atoms with E-state index in [4.69, 9.17) is 4.84 Å². The second-order valence-electron chi connectivity index (χ2n) is 5.72. The smallest absolute Gasteiger partial charge is 0.174 e. The van der Waals surface area contributed by atoms with E-state index in [1.807, 2.05) is 6.07 Å². The standard InChI is InChI=1S/C16H18N6O/c1-23-21-15-6-13(8-18-20-15)17-7-14-10-22-9-12(11-2-3-11)4-5-16(22)19-14/h4-6,8-11H,2-3,7H2,1H3,(H2,17,20,21). The van der Waals surface area contributed by atoms with E-state index in [-0.39, 0.29) is 0 Å². The molecule has 118 valence electrons. The van der Waals surface area contributed by atoms with Crippen LogP contribution < -0.4 is 10.8 Å². The third kappa shape index (κ3) is 3.09. The molecule has 0 aromatic carbocycles. The van der Waals surface area contributed by atoms with Crippen LogP contribution in [0.3, 0.4) is 0 Å². The van der Waals surface area contributed by atoms with Crippen LogP contribution in [0, 0.1) is 0 Å². The van der Waals surface area contributed by atoms with Crippen LogP contribution in [-0.2, 0) is 11.4 Å². The van der Waals surface area contributed by atoms with Gasteiger partial charge in [0.05, 0.1) is 31.2 Å². The highest BCUT2D eigenvalue weighted by atomic mass is 16.6. The summed E-state index contributed by atoms with van der Waals surface area (Å²) in [4.78, 5) is 9.46. The van der Waals surface area contributed by atoms with Gasteiger partial charge >= 0.3 is 0 Å². The Balaban J connectivity index is 1.48. The van der Waals surface area contributed by atoms with Gasteiger partial charge in [0.1, 0.15) is 5.65 Å². The number of imidazole rings is 1. The molecule has 1 fully saturated rings. The number of nitrogens with zero attached hydrogens (tertiary/aromatic N) is 4. The molecule has 23 heavy (non-hydrogen) atoms. The van der Waals surface area contributed by atoms with Crippen molar-refractivity contribution in [2.24, 2.45) is 0 Å². The molecular formula is C16H18N6O. The van der Waals surface area contributed by atoms with Crippen molar-refractivity contribution < 1.29 is 4.84 Å². The Morgan fingerprint density at radius 2 is 2.22 bits per heavy atom. The summed E-state index contributed by atoms with van der Waals surface area (Å²) < 4.78 is 2.10. The van der Waals surface area contributed by atoms with Crippen LogP contribution in [0.15, 0.2) is 36.8 Å². The molecule has 0 amide bonds. The fourth-order valence-corrected chi connectivity index (χ4v) is 2.62. The minimum atomic E-state index is 0.557. The highest BCUT2D eigenvalue weighted by Crippen LogP contribution is 2.39. The molecule has 3 aromatic rings. The monoisotopic (exact) mass is 310 g/mol. The molecule has 0 atom stereocenters. The zero-order valence-corrected chi connectivity index (χ0v) is 12.9. The van der Waals surface area contributed by atoms with Gasteiger partial charge in [0.2, 0.25) is 0 Å². The van der Waals surface area contributed by atoms with E-state index in [2.05, 4.69) is 54.9 Å². The van der Waals surface area contributed by atoms with E-state index >= 15 is 0 Å². The molecule has 1 aliphatic rings. The lowest BCUT2D eigenvalue weighted by molar-refractivity contribution is 0.268. The van der Waals surface area contributed by atoms with Gasteiger partial charge in [0.25, 0.3) is 0 Å². The molecule has 2 N–H and O–H groups in total. The SMILES string of the molecule is CONc1cc(NCc2cn3cc(C4CC4)ccc3n2)cnn1. The van der Waals surface area contributed by atoms with Gasteiger partial charge in [-0.05, 0) is 30.4 Å². The van der Waals surface area contributed by atoms with Crippen molar-refractivity contribution >= 4 is 17.2 Å². The van der Waals surface area contributed by atoms with Crippen LogP contribution >= 0.6 is 0 Å². The van der Waals surface area contributed by atoms with Crippen LogP contribution in [0.5, 0.6) is 0 Å². The molecule has 3 heterocycles. The summed E-state index contributed by atoms with van der Waals surface area (Å²) in [5, 5.41) is 11.1. The molecule has 1 saturated carbocycles. The summed E-state index contributed by atoms with van der Waals surface area (Å²) in [5.74, 6) is 1.31. The lowest BCUT2D eigenvalue weighted by atomic mass is 10.2. The third-order valence-electron chi connectivity index (χ3n) is 3.91. The van der Waals surface area contributed by atoms with E-state index in [0.717, 1.165) is 22.9 Å². The van der Waals surface area contributed by atoms with E-state index in [0.29, 0.717) is 12.4 Å². The topological polar surface area (TPSA) is 76.4 Å². The maximum Gasteiger partial charge on any atom is 0.174 e. The van der Waals surface area contributed by atoms with Crippen molar-refractivity contribution in [2.45, 2.75) is 25.3 Å². The van der Waals surface area contributed by atoms with Gasteiger partial charge in [-0.3, -0.25) is 4.84 Å². The predicted molar refractivity (Wildman–Crippen MR) is 87.2 cm³/mol. The number of aromatic nitrogens is 4. The third-order valence-corrected chi connectivity index (χ3v) is 3.91. The second-order valence-corrected chi connectivity index (χ2v) is 5.72. The molecule has 0 spiro atoms. The predicted octanol–water partition coefficient (Wildman–Crippen LogP) is 2.59. The van der Waals surface area contributed by atoms with Crippen LogP contribution in [0.1, 0.15) is 30.0 Å². The summed E-state index contributed by atoms with van der Waals surface area (Å²) in [6, 6.07) is 6.11. The molecular weight excluding hydrogens is 292 g/mol. The Morgan fingerprint density at radius 1 is 1.30 bits per heavy atom. The van der Waals surface area contributed by atoms with E-state index in [9.17, 15) is 0 Å². The summed E-state index contributed by atoms with van der Waals surface area (Å²) in [6.45, 7) is 0.624. The maximum absolute atomic E-state index is 4.83. The van der Waals surface area contributed by atoms with Crippen LogP contribution in [0.4, 0.5) is 11.5 Å². The van der Waals surface area contributed by atoms with Gasteiger partial charge in [-0.15, -0.1) is 5.10 Å². The zero-order valence-electron chi connectivity index (χ0n) is 12.9. The molecule has 0 radical (unpaired) electrons. The molecule has 3 aromatic heterocycles. The van der Waals surface area contributed by atoms with E-state index in [1.165, 1.54) is 25.5 Å². The number of nitrogens with one attached hydrogen (secondary N) is 2. The fourth-order valence-electron chi connectivity index (χ4n) is 2.62. The zero-order chi connectivity index (χ0) is 15.6. The highest BCUT2D eigenvalue weighted by Gasteiger charge is 2.23. The van der Waals surface area contributed by atoms with Gasteiger partial charge in [0, 0.05) is 18.5 Å². The van der Waals surface area contributed by atoms with Crippen LogP contribution in [0.25, 0.3) is 5.65 Å². The number of anilines is 2. The average molecular weight is 310 g/mol. The summed E-state index contributed by atoms with van der Waals surface area (Å²) >= 11 is 0. The number of fused-ring (bicyclic) bond motifs is 1. The van der Waals surface area contributed by atoms with Gasteiger partial charge in [0.15, 0.2) is 5.82 Å². The normalized spacial score (nSPS) is 14.1. The Kier molecular flexibility index (Phi) is 3.55. The van der Waals surface area contributed by atoms with Crippen molar-refractivity contribution in [1.82, 2.24) is 19.6 Å². The summed E-state index contributed by atoms with van der Waals surface area (Å²) in [7, 11) is 1.54. The van der Waals surface area contributed by atoms with E-state index in [1.54, 1.807) is 6.20 Å². The van der Waals surface area contributed by atoms with Crippen LogP contribution in [0.2, 0.25) is 0 Å². The van der Waals surface area contributed by atoms with Gasteiger partial charge in [-0.1, -0.05) is 6.07 Å². The maximum atomic E-state index is 4.83. The average Bonchev–Trinajstić information content (AvgIpc) is 3.33. The molecule has 0 aliphatic heterocycles. The number of pyridine rings is 1. The first-order chi connectivity index (χ1) is 11.3. The second kappa shape index (κ2) is 5.85. The van der Waals surface area contributed by atoms with Crippen molar-refractivity contribution in [3.63, 3.8) is 0 Å². The first kappa shape index (κ1) is 14.0. The van der Waals surface area contributed by atoms with Crippen molar-refractivity contribution in [2.75, 3.05) is 17.9 Å². The summed E-state index contributed by atoms with van der Waals surface area (Å²) in [6.07, 6.45) is 8.54. The lowest BCUT2D eigenvalue weighted by Crippen LogP contribution is -2.04. The fraction of sp³-hybridized carbons (Fsp3) is 0.312. The minimum Gasteiger partial charge on any atom is -0.378 e. The van der Waals surface area contributed by atoms with Gasteiger partial charge < -0.3 is 9.72 Å². The Hall–Kier alpha value is -2.67. The van der Waals surface area contributed by atoms with Crippen LogP contribution in [-0.4, -0.2) is 26.7 Å². The Bertz CT molecular complexity index is 826. The molecule has 0 saturated heterocycles. The van der Waals surface area contributed by atoms with E-state index < -0.39 is 0 Å². The number of rotatable bonds is 6. The molecule has 0 bridgehead atoms.